The summed E-state index contributed by atoms with van der Waals surface area (Å²) < 4.78 is 58.9. The van der Waals surface area contributed by atoms with Gasteiger partial charge in [-0.05, 0) is 74.5 Å². The van der Waals surface area contributed by atoms with Gasteiger partial charge in [0.05, 0.1) is 0 Å². The topological polar surface area (TPSA) is 57.2 Å². The first-order valence-corrected chi connectivity index (χ1v) is 23.5. The van der Waals surface area contributed by atoms with Gasteiger partial charge in [-0.1, -0.05) is 156 Å². The van der Waals surface area contributed by atoms with E-state index in [1.54, 1.807) is 64.8 Å². The van der Waals surface area contributed by atoms with E-state index in [9.17, 15) is 13.2 Å². The fourth-order valence-electron chi connectivity index (χ4n) is 7.60. The molecule has 0 unspecified atom stereocenters. The van der Waals surface area contributed by atoms with Crippen LogP contribution in [0, 0.1) is 0 Å². The molecular formula is C46H69F3O3S2. The van der Waals surface area contributed by atoms with Crippen LogP contribution >= 0.6 is 0 Å². The van der Waals surface area contributed by atoms with Gasteiger partial charge in [0.15, 0.2) is 24.8 Å². The third-order valence-electron chi connectivity index (χ3n) is 9.54. The van der Waals surface area contributed by atoms with Gasteiger partial charge in [-0.3, -0.25) is 0 Å². The van der Waals surface area contributed by atoms with Crippen LogP contribution in [0.15, 0.2) is 51.1 Å². The molecule has 3 nitrogen and oxygen atoms in total. The highest BCUT2D eigenvalue weighted by Crippen LogP contribution is 2.45. The van der Waals surface area contributed by atoms with Crippen molar-refractivity contribution < 1.29 is 26.1 Å². The first-order valence-electron chi connectivity index (χ1n) is 20.9. The second-order valence-electron chi connectivity index (χ2n) is 14.7. The molecule has 0 atom stereocenters. The highest BCUT2D eigenvalue weighted by atomic mass is 32.2. The molecule has 0 spiro atoms. The van der Waals surface area contributed by atoms with Gasteiger partial charge in [0.1, 0.15) is 10.9 Å². The molecule has 0 saturated carbocycles. The van der Waals surface area contributed by atoms with Crippen LogP contribution in [0.2, 0.25) is 0 Å². The average molecular weight is 791 g/mol. The molecule has 0 aromatic heterocycles. The van der Waals surface area contributed by atoms with E-state index in [0.29, 0.717) is 0 Å². The molecule has 3 aromatic rings. The second-order valence-corrected chi connectivity index (χ2v) is 17.9. The number of hydrogen-bond donors (Lipinski definition) is 0. The fraction of sp³-hybridized carbons (Fsp3) is 0.609. The smallest absolute Gasteiger partial charge is 0.485 e. The molecule has 0 N–H and O–H groups in total. The summed E-state index contributed by atoms with van der Waals surface area (Å²) in [5, 5.41) is 0. The molecular weight excluding hydrogens is 722 g/mol. The van der Waals surface area contributed by atoms with Gasteiger partial charge < -0.3 is 4.55 Å². The zero-order chi connectivity index (χ0) is 40.5. The van der Waals surface area contributed by atoms with E-state index in [4.69, 9.17) is 13.0 Å². The second kappa shape index (κ2) is 23.7. The fourth-order valence-corrected chi connectivity index (χ4v) is 10.8. The molecule has 3 rings (SSSR count). The Morgan fingerprint density at radius 2 is 0.593 bits per heavy atom. The average Bonchev–Trinajstić information content (AvgIpc) is 3.08. The summed E-state index contributed by atoms with van der Waals surface area (Å²) in [6, 6.07) is 15.9. The Labute approximate surface area is 330 Å². The van der Waals surface area contributed by atoms with Gasteiger partial charge in [0.25, 0.3) is 0 Å². The molecule has 0 aliphatic carbocycles. The van der Waals surface area contributed by atoms with E-state index in [1.807, 2.05) is 0 Å². The van der Waals surface area contributed by atoms with Crippen LogP contribution in [0.5, 0.6) is 0 Å². The Morgan fingerprint density at radius 3 is 0.722 bits per heavy atom. The number of benzene rings is 3. The molecule has 0 aliphatic rings. The maximum Gasteiger partial charge on any atom is 0.485 e. The van der Waals surface area contributed by atoms with Crippen molar-refractivity contribution in [1.29, 1.82) is 0 Å². The SMILES string of the molecule is CCCc1cc(CCC)c([S+](c2c(CCC)cc(CCC)cc2CCC)c2c(CCC)cc(CCC)cc2CCC)c(CCC)c1.O=S(=O)([O-])C(F)(F)F. The third-order valence-corrected chi connectivity index (χ3v) is 12.9. The summed E-state index contributed by atoms with van der Waals surface area (Å²) in [7, 11) is -6.22. The quantitative estimate of drug-likeness (QED) is 0.0613. The summed E-state index contributed by atoms with van der Waals surface area (Å²) in [5.74, 6) is 0. The third kappa shape index (κ3) is 13.4. The van der Waals surface area contributed by atoms with Gasteiger partial charge in [0, 0.05) is 33.4 Å². The van der Waals surface area contributed by atoms with E-state index >= 15 is 0 Å². The summed E-state index contributed by atoms with van der Waals surface area (Å²) in [6.07, 6.45) is 21.4. The summed E-state index contributed by atoms with van der Waals surface area (Å²) in [6.45, 7) is 21.4. The van der Waals surface area contributed by atoms with Crippen molar-refractivity contribution in [2.45, 2.75) is 198 Å². The maximum atomic E-state index is 10.7. The lowest BCUT2D eigenvalue weighted by atomic mass is 9.97. The number of hydrogen-bond acceptors (Lipinski definition) is 3. The molecule has 3 aromatic carbocycles. The molecule has 0 heterocycles. The van der Waals surface area contributed by atoms with Crippen LogP contribution < -0.4 is 0 Å². The van der Waals surface area contributed by atoms with Crippen molar-refractivity contribution >= 4 is 21.0 Å². The molecule has 0 aliphatic heterocycles. The zero-order valence-corrected chi connectivity index (χ0v) is 36.5. The summed E-state index contributed by atoms with van der Waals surface area (Å²) >= 11 is 0. The van der Waals surface area contributed by atoms with Gasteiger partial charge in [-0.25, -0.2) is 8.42 Å². The van der Waals surface area contributed by atoms with Gasteiger partial charge >= 0.3 is 5.51 Å². The Morgan fingerprint density at radius 1 is 0.426 bits per heavy atom. The lowest BCUT2D eigenvalue weighted by molar-refractivity contribution is -0.0517. The van der Waals surface area contributed by atoms with Crippen LogP contribution in [0.4, 0.5) is 13.2 Å². The highest BCUT2D eigenvalue weighted by molar-refractivity contribution is 7.97. The Bertz CT molecular complexity index is 1450. The Kier molecular flexibility index (Phi) is 21.0. The Hall–Kier alpha value is -2.29. The molecule has 304 valence electrons. The first-order chi connectivity index (χ1) is 25.7. The van der Waals surface area contributed by atoms with E-state index in [0.717, 1.165) is 0 Å². The first kappa shape index (κ1) is 47.9. The van der Waals surface area contributed by atoms with Gasteiger partial charge in [-0.15, -0.1) is 0 Å². The number of rotatable bonds is 21. The van der Waals surface area contributed by atoms with Crippen molar-refractivity contribution in [3.63, 3.8) is 0 Å². The summed E-state index contributed by atoms with van der Waals surface area (Å²) in [4.78, 5) is 5.12. The van der Waals surface area contributed by atoms with E-state index in [2.05, 4.69) is 98.7 Å². The van der Waals surface area contributed by atoms with Crippen LogP contribution in [0.25, 0.3) is 0 Å². The number of halogens is 3. The monoisotopic (exact) mass is 790 g/mol. The van der Waals surface area contributed by atoms with Gasteiger partial charge in [0.2, 0.25) is 0 Å². The van der Waals surface area contributed by atoms with Crippen LogP contribution in [0.3, 0.4) is 0 Å². The highest BCUT2D eigenvalue weighted by Gasteiger charge is 2.41. The Balaban J connectivity index is 0.00000113. The van der Waals surface area contributed by atoms with Crippen LogP contribution in [-0.2, 0) is 78.8 Å². The molecule has 54 heavy (non-hydrogen) atoms. The van der Waals surface area contributed by atoms with Crippen molar-refractivity contribution in [3.05, 3.63) is 86.5 Å². The predicted molar refractivity (Wildman–Crippen MR) is 223 cm³/mol. The maximum absolute atomic E-state index is 10.7. The predicted octanol–water partition coefficient (Wildman–Crippen LogP) is 13.4. The lowest BCUT2D eigenvalue weighted by Crippen LogP contribution is -2.21. The standard InChI is InChI=1S/C45H69S.CHF3O3S/c1-10-19-34-28-37(22-13-4)43(38(29-34)23-14-5)46(44-39(24-15-6)30-35(20-11-2)31-40(44)25-16-7)45-41(26-17-8)32-36(21-12-3)33-42(45)27-18-9;2-1(3,4)8(5,6)7/h28-33H,10-27H2,1-9H3;(H,5,6,7)/q+1;/p-1. The molecule has 0 amide bonds. The minimum atomic E-state index is -6.09. The summed E-state index contributed by atoms with van der Waals surface area (Å²) in [5.41, 5.74) is 8.89. The molecule has 0 bridgehead atoms. The van der Waals surface area contributed by atoms with E-state index in [-0.39, 0.29) is 10.9 Å². The minimum absolute atomic E-state index is 0.129. The minimum Gasteiger partial charge on any atom is -0.741 e. The number of aryl methyl sites for hydroxylation is 9. The van der Waals surface area contributed by atoms with Crippen LogP contribution in [-0.4, -0.2) is 18.5 Å². The number of alkyl halides is 3. The van der Waals surface area contributed by atoms with Crippen molar-refractivity contribution in [3.8, 4) is 0 Å². The molecule has 0 radical (unpaired) electrons. The normalized spacial score (nSPS) is 12.0. The lowest BCUT2D eigenvalue weighted by Gasteiger charge is -2.25. The van der Waals surface area contributed by atoms with Gasteiger partial charge in [-0.2, -0.15) is 13.2 Å². The van der Waals surface area contributed by atoms with Crippen LogP contribution in [0.1, 0.15) is 170 Å². The molecule has 8 heteroatoms. The van der Waals surface area contributed by atoms with Crippen molar-refractivity contribution in [1.82, 2.24) is 0 Å². The van der Waals surface area contributed by atoms with Crippen molar-refractivity contribution in [2.75, 3.05) is 0 Å². The largest absolute Gasteiger partial charge is 0.741 e. The van der Waals surface area contributed by atoms with E-state index in [1.165, 1.54) is 116 Å². The van der Waals surface area contributed by atoms with Crippen molar-refractivity contribution in [2.24, 2.45) is 0 Å². The molecule has 0 saturated heterocycles. The zero-order valence-electron chi connectivity index (χ0n) is 34.9. The van der Waals surface area contributed by atoms with E-state index < -0.39 is 15.6 Å². The molecule has 0 fully saturated rings.